The van der Waals surface area contributed by atoms with E-state index in [2.05, 4.69) is 18.2 Å². The highest BCUT2D eigenvalue weighted by molar-refractivity contribution is 6.79. The number of aliphatic hydroxyl groups excluding tert-OH is 3. The molecule has 6 aromatic rings. The maximum Gasteiger partial charge on any atom is 0.491 e. The summed E-state index contributed by atoms with van der Waals surface area (Å²) in [4.78, 5) is 0. The van der Waals surface area contributed by atoms with Gasteiger partial charge in [-0.05, 0) is 149 Å². The van der Waals surface area contributed by atoms with E-state index in [9.17, 15) is 30.6 Å². The lowest BCUT2D eigenvalue weighted by Crippen LogP contribution is -2.56. The van der Waals surface area contributed by atoms with Crippen molar-refractivity contribution in [2.75, 3.05) is 0 Å². The van der Waals surface area contributed by atoms with Gasteiger partial charge in [0.15, 0.2) is 0 Å². The van der Waals surface area contributed by atoms with Crippen LogP contribution in [-0.2, 0) is 29.0 Å². The molecule has 0 aliphatic heterocycles. The normalized spacial score (nSPS) is 11.1. The van der Waals surface area contributed by atoms with Crippen LogP contribution in [0.1, 0.15) is 59.6 Å². The van der Waals surface area contributed by atoms with Crippen molar-refractivity contribution < 1.29 is 48.8 Å². The Morgan fingerprint density at radius 2 is 0.841 bits per heavy atom. The van der Waals surface area contributed by atoms with Gasteiger partial charge in [-0.3, -0.25) is 0 Å². The molecule has 5 N–H and O–H groups in total. The van der Waals surface area contributed by atoms with Crippen molar-refractivity contribution >= 4 is 37.5 Å². The first-order chi connectivity index (χ1) is 30.7. The third kappa shape index (κ3) is 11.9. The molecule has 6 aromatic carbocycles. The zero-order valence-corrected chi connectivity index (χ0v) is 34.3. The molecule has 0 bridgehead atoms. The minimum Gasteiger partial charge on any atom is -0.466 e. The predicted molar refractivity (Wildman–Crippen MR) is 237 cm³/mol. The molecule has 0 amide bonds. The predicted octanol–water partition coefficient (Wildman–Crippen LogP) is 5.26. The number of hydrogen-bond acceptors (Lipinski definition) is 13. The summed E-state index contributed by atoms with van der Waals surface area (Å²) in [6, 6.07) is 39.2. The third-order valence-corrected chi connectivity index (χ3v) is 10.1. The van der Waals surface area contributed by atoms with Crippen LogP contribution in [0.25, 0.3) is 0 Å². The lowest BCUT2D eigenvalue weighted by molar-refractivity contribution is 0.208. The fourth-order valence-corrected chi connectivity index (χ4v) is 6.82. The Bertz CT molecular complexity index is 2600. The summed E-state index contributed by atoms with van der Waals surface area (Å²) in [6.45, 7) is -0.597. The number of ether oxygens (including phenoxy) is 3. The van der Waals surface area contributed by atoms with Gasteiger partial charge >= 0.3 is 21.2 Å². The highest BCUT2D eigenvalue weighted by Crippen LogP contribution is 2.27. The molecule has 6 rings (SSSR count). The molecule has 0 saturated heterocycles. The minimum atomic E-state index is -1.67. The van der Waals surface area contributed by atoms with Gasteiger partial charge in [0.05, 0.1) is 60.7 Å². The summed E-state index contributed by atoms with van der Waals surface area (Å²) in [5.41, 5.74) is 3.26. The fraction of sp³-hybridized carbons (Fsp3) is 0.170. The molecule has 0 aliphatic carbocycles. The van der Waals surface area contributed by atoms with Gasteiger partial charge in [0.2, 0.25) is 0 Å². The molecule has 0 fully saturated rings. The second kappa shape index (κ2) is 22.3. The van der Waals surface area contributed by atoms with Gasteiger partial charge in [-0.25, -0.2) is 0 Å². The smallest absolute Gasteiger partial charge is 0.466 e. The molecule has 1 atom stereocenters. The van der Waals surface area contributed by atoms with Crippen molar-refractivity contribution in [1.82, 2.24) is 0 Å². The van der Waals surface area contributed by atoms with E-state index in [1.807, 2.05) is 6.92 Å². The van der Waals surface area contributed by atoms with E-state index in [1.54, 1.807) is 127 Å². The second-order valence-corrected chi connectivity index (χ2v) is 14.3. The molecule has 314 valence electrons. The first kappa shape index (κ1) is 45.6. The minimum absolute atomic E-state index is 0.219. The van der Waals surface area contributed by atoms with Gasteiger partial charge in [0.1, 0.15) is 34.5 Å². The van der Waals surface area contributed by atoms with Crippen LogP contribution in [0.4, 0.5) is 0 Å². The molecule has 0 aliphatic rings. The quantitative estimate of drug-likeness (QED) is 0.0621. The van der Waals surface area contributed by atoms with Gasteiger partial charge in [0, 0.05) is 0 Å². The van der Waals surface area contributed by atoms with Crippen molar-refractivity contribution in [3.8, 4) is 52.7 Å². The summed E-state index contributed by atoms with van der Waals surface area (Å²) in [6.07, 6.45) is 1.65. The first-order valence-corrected chi connectivity index (χ1v) is 20.1. The van der Waals surface area contributed by atoms with E-state index in [4.69, 9.17) is 34.0 Å². The monoisotopic (exact) mass is 841 g/mol. The molecule has 1 unspecified atom stereocenters. The Morgan fingerprint density at radius 3 is 1.21 bits per heavy atom. The first-order valence-electron chi connectivity index (χ1n) is 20.1. The van der Waals surface area contributed by atoms with E-state index in [1.165, 1.54) is 0 Å². The maximum atomic E-state index is 11.9. The summed E-state index contributed by atoms with van der Waals surface area (Å²) in [5.74, 6) is 2.48. The van der Waals surface area contributed by atoms with Crippen molar-refractivity contribution in [2.24, 2.45) is 0 Å². The summed E-state index contributed by atoms with van der Waals surface area (Å²) in [5, 5.41) is 82.8. The summed E-state index contributed by atoms with van der Waals surface area (Å²) >= 11 is 0. The standard InChI is InChI=1S/C47H42B3N3O10/c1-2-3-4-47(62-49(57)45-21-18-42(24-36(45)30-55)60-39-13-7-33(27-52)8-14-39)48(44-20-17-41(23-35(44)29-54)59-38-11-5-32(26-51)6-12-38)63-50(58)46-22-19-43(25-37(46)31-56)61-40-15-9-34(28-53)10-16-40/h5-25,47,54-58H,2-4,29-31H2,1H3. The zero-order chi connectivity index (χ0) is 44.7. The number of unbranched alkanes of at least 4 members (excludes halogenated alkanes) is 1. The van der Waals surface area contributed by atoms with Crippen molar-refractivity contribution in [3.05, 3.63) is 161 Å². The summed E-state index contributed by atoms with van der Waals surface area (Å²) < 4.78 is 30.9. The Balaban J connectivity index is 1.33. The van der Waals surface area contributed by atoms with Gasteiger partial charge in [0.25, 0.3) is 0 Å². The number of nitriles is 3. The number of nitrogens with zero attached hydrogens (tertiary/aromatic N) is 3. The van der Waals surface area contributed by atoms with E-state index in [0.717, 1.165) is 6.42 Å². The van der Waals surface area contributed by atoms with Crippen molar-refractivity contribution in [2.45, 2.75) is 52.0 Å². The van der Waals surface area contributed by atoms with Gasteiger partial charge < -0.3 is 48.8 Å². The molecular formula is C47H42B3N3O10. The highest BCUT2D eigenvalue weighted by atomic mass is 16.5. The summed E-state index contributed by atoms with van der Waals surface area (Å²) in [7, 11) is -3.27. The number of benzene rings is 6. The van der Waals surface area contributed by atoms with Gasteiger partial charge in [-0.1, -0.05) is 38.0 Å². The van der Waals surface area contributed by atoms with Crippen molar-refractivity contribution in [1.29, 1.82) is 15.8 Å². The molecule has 0 spiro atoms. The Hall–Kier alpha value is -6.90. The van der Waals surface area contributed by atoms with Crippen LogP contribution in [0.5, 0.6) is 34.5 Å². The molecule has 0 radical (unpaired) electrons. The van der Waals surface area contributed by atoms with E-state index in [-0.39, 0.29) is 10.9 Å². The van der Waals surface area contributed by atoms with E-state index < -0.39 is 47.0 Å². The Labute approximate surface area is 366 Å². The second-order valence-electron chi connectivity index (χ2n) is 14.3. The van der Waals surface area contributed by atoms with Crippen molar-refractivity contribution in [3.63, 3.8) is 0 Å². The van der Waals surface area contributed by atoms with Crippen LogP contribution in [0.15, 0.2) is 127 Å². The number of aliphatic hydroxyl groups is 3. The van der Waals surface area contributed by atoms with E-state index >= 15 is 0 Å². The average Bonchev–Trinajstić information content (AvgIpc) is 3.32. The lowest BCUT2D eigenvalue weighted by Gasteiger charge is -2.30. The lowest BCUT2D eigenvalue weighted by atomic mass is 9.50. The van der Waals surface area contributed by atoms with Gasteiger partial charge in [-0.2, -0.15) is 15.8 Å². The van der Waals surface area contributed by atoms with Crippen LogP contribution in [0.3, 0.4) is 0 Å². The maximum absolute atomic E-state index is 11.9. The SMILES string of the molecule is CCCCC(OB(O)c1ccc(Oc2ccc(C#N)cc2)cc1CO)B(OB(O)c1ccc(Oc2ccc(C#N)cc2)cc1CO)c1ccc(Oc2ccc(C#N)cc2)cc1CO. The Kier molecular flexibility index (Phi) is 16.1. The average molecular weight is 841 g/mol. The zero-order valence-electron chi connectivity index (χ0n) is 34.3. The molecule has 0 saturated carbocycles. The van der Waals surface area contributed by atoms with E-state index in [0.29, 0.717) is 86.2 Å². The third-order valence-electron chi connectivity index (χ3n) is 10.1. The van der Waals surface area contributed by atoms with Gasteiger partial charge in [-0.15, -0.1) is 0 Å². The highest BCUT2D eigenvalue weighted by Gasteiger charge is 2.39. The van der Waals surface area contributed by atoms with Crippen LogP contribution < -0.4 is 30.6 Å². The van der Waals surface area contributed by atoms with Crippen LogP contribution in [0, 0.1) is 34.0 Å². The van der Waals surface area contributed by atoms with Crippen LogP contribution in [-0.4, -0.2) is 52.5 Å². The number of rotatable bonds is 20. The Morgan fingerprint density at radius 1 is 0.492 bits per heavy atom. The molecule has 13 nitrogen and oxygen atoms in total. The molecule has 0 aromatic heterocycles. The molecule has 0 heterocycles. The molecule has 63 heavy (non-hydrogen) atoms. The number of hydrogen-bond donors (Lipinski definition) is 5. The molecule has 16 heteroatoms. The molecular weight excluding hydrogens is 799 g/mol. The van der Waals surface area contributed by atoms with Crippen LogP contribution in [0.2, 0.25) is 0 Å². The topological polar surface area (TPSA) is 219 Å². The van der Waals surface area contributed by atoms with Crippen LogP contribution >= 0.6 is 0 Å². The largest absolute Gasteiger partial charge is 0.491 e. The fourth-order valence-electron chi connectivity index (χ4n) is 6.82.